The summed E-state index contributed by atoms with van der Waals surface area (Å²) in [6.45, 7) is 68.1. The number of nitrogens with zero attached hydrogens (tertiary/aromatic N) is 3. The molecule has 13 aromatic carbocycles. The first-order chi connectivity index (χ1) is 70.9. The third kappa shape index (κ3) is 17.0. The highest BCUT2D eigenvalue weighted by atomic mass is 15.2. The van der Waals surface area contributed by atoms with Crippen LogP contribution in [0.3, 0.4) is 0 Å². The van der Waals surface area contributed by atoms with E-state index in [1.54, 1.807) is 63.5 Å². The Kier molecular flexibility index (Phi) is 15.8. The summed E-state index contributed by atoms with van der Waals surface area (Å²) in [5.74, 6) is 0. The van der Waals surface area contributed by atoms with Gasteiger partial charge >= 0.3 is 0 Å². The number of fused-ring (bicyclic) bond motifs is 7. The topological polar surface area (TPSA) is 11.4 Å². The van der Waals surface area contributed by atoms with E-state index in [1.807, 2.05) is 161 Å². The van der Waals surface area contributed by atoms with Crippen LogP contribution in [-0.4, -0.2) is 11.3 Å². The van der Waals surface area contributed by atoms with Crippen molar-refractivity contribution in [3.8, 4) is 72.4 Å². The second-order valence-electron chi connectivity index (χ2n) is 48.9. The molecule has 2 aliphatic rings. The number of anilines is 6. The lowest BCUT2D eigenvalue weighted by molar-refractivity contribution is 0.568. The van der Waals surface area contributed by atoms with E-state index in [-0.39, 0.29) is 157 Å². The van der Waals surface area contributed by atoms with E-state index in [2.05, 4.69) is 119 Å². The molecule has 0 amide bonds. The average molecular weight is 1740 g/mol. The summed E-state index contributed by atoms with van der Waals surface area (Å²) in [6, 6.07) is 13.6. The Hall–Kier alpha value is -10.7. The normalized spacial score (nSPS) is 16.8. The lowest BCUT2D eigenvalue weighted by Crippen LogP contribution is -2.61. The minimum Gasteiger partial charge on any atom is -0.310 e. The van der Waals surface area contributed by atoms with Crippen molar-refractivity contribution >= 4 is 79.0 Å². The molecule has 0 radical (unpaired) electrons. The maximum atomic E-state index is 12.1. The molecule has 0 saturated heterocycles. The summed E-state index contributed by atoms with van der Waals surface area (Å²) >= 11 is 0. The lowest BCUT2D eigenvalue weighted by Gasteiger charge is -2.47. The summed E-state index contributed by atoms with van der Waals surface area (Å²) in [7, 11) is 0. The van der Waals surface area contributed by atoms with Crippen molar-refractivity contribution in [2.45, 2.75) is 314 Å². The minimum atomic E-state index is -1.34. The van der Waals surface area contributed by atoms with Gasteiger partial charge in [0.25, 0.3) is 6.71 Å². The van der Waals surface area contributed by atoms with Crippen LogP contribution >= 0.6 is 0 Å². The highest BCUT2D eigenvalue weighted by molar-refractivity contribution is 7.00. The first-order valence-corrected chi connectivity index (χ1v) is 46.2. The number of aromatic nitrogens is 1. The third-order valence-corrected chi connectivity index (χ3v) is 25.7. The van der Waals surface area contributed by atoms with Gasteiger partial charge < -0.3 is 14.4 Å². The van der Waals surface area contributed by atoms with Crippen molar-refractivity contribution in [3.63, 3.8) is 0 Å². The zero-order chi connectivity index (χ0) is 117. The molecule has 2 aliphatic heterocycles. The van der Waals surface area contributed by atoms with Crippen LogP contribution < -0.4 is 26.2 Å². The van der Waals surface area contributed by atoms with Gasteiger partial charge in [0.15, 0.2) is 0 Å². The fourth-order valence-electron chi connectivity index (χ4n) is 18.1. The first-order valence-electron chi connectivity index (χ1n) is 59.2. The maximum absolute atomic E-state index is 12.1. The molecular formula is C126H148BN3. The van der Waals surface area contributed by atoms with Gasteiger partial charge in [-0.25, -0.2) is 0 Å². The van der Waals surface area contributed by atoms with Gasteiger partial charge in [-0.3, -0.25) is 0 Å². The number of para-hydroxylation sites is 2. The highest BCUT2D eigenvalue weighted by Gasteiger charge is 2.48. The Morgan fingerprint density at radius 2 is 0.515 bits per heavy atom. The number of rotatable bonds is 9. The fourth-order valence-corrected chi connectivity index (χ4v) is 18.1. The van der Waals surface area contributed by atoms with Crippen molar-refractivity contribution in [1.82, 2.24) is 4.57 Å². The highest BCUT2D eigenvalue weighted by Crippen LogP contribution is 2.59. The van der Waals surface area contributed by atoms with Gasteiger partial charge in [-0.05, 0) is 253 Å². The second kappa shape index (κ2) is 31.5. The third-order valence-electron chi connectivity index (χ3n) is 25.7. The van der Waals surface area contributed by atoms with E-state index in [0.717, 1.165) is 22.3 Å². The Balaban J connectivity index is 1.38. The average Bonchev–Trinajstić information content (AvgIpc) is 1.22. The molecule has 0 bridgehead atoms. The zero-order valence-corrected chi connectivity index (χ0v) is 84.0. The molecule has 14 aromatic rings. The summed E-state index contributed by atoms with van der Waals surface area (Å²) in [5, 5.41) is -0.706. The van der Waals surface area contributed by atoms with Crippen LogP contribution in [-0.2, 0) is 65.0 Å². The Labute approximate surface area is 820 Å². The van der Waals surface area contributed by atoms with Crippen LogP contribution in [0.25, 0.3) is 94.3 Å². The van der Waals surface area contributed by atoms with Gasteiger partial charge in [-0.2, -0.15) is 0 Å². The van der Waals surface area contributed by atoms with E-state index < -0.39 is 228 Å². The molecular weight excluding hydrogens is 1570 g/mol. The van der Waals surface area contributed by atoms with Crippen molar-refractivity contribution < 1.29 is 35.6 Å². The van der Waals surface area contributed by atoms with E-state index in [4.69, 9.17) is 0 Å². The first kappa shape index (κ1) is 65.0. The summed E-state index contributed by atoms with van der Waals surface area (Å²) in [6.07, 6.45) is 0. The molecule has 3 nitrogen and oxygen atoms in total. The molecule has 0 fully saturated rings. The monoisotopic (exact) mass is 1740 g/mol. The molecule has 0 atom stereocenters. The van der Waals surface area contributed by atoms with Gasteiger partial charge in [0.2, 0.25) is 0 Å². The van der Waals surface area contributed by atoms with Crippen LogP contribution in [0.1, 0.15) is 352 Å². The van der Waals surface area contributed by atoms with E-state index in [1.165, 1.54) is 4.57 Å². The Morgan fingerprint density at radius 1 is 0.231 bits per heavy atom. The number of hydrogen-bond acceptors (Lipinski definition) is 2. The zero-order valence-electron chi connectivity index (χ0n) is 110. The molecule has 1 aromatic heterocycles. The van der Waals surface area contributed by atoms with Crippen LogP contribution in [0.4, 0.5) is 34.1 Å². The Morgan fingerprint density at radius 3 is 0.800 bits per heavy atom. The molecule has 130 heavy (non-hydrogen) atoms. The molecule has 0 spiro atoms. The predicted octanol–water partition coefficient (Wildman–Crippen LogP) is 34.4. The lowest BCUT2D eigenvalue weighted by atomic mass is 9.33. The number of hydrogen-bond donors (Lipinski definition) is 0. The van der Waals surface area contributed by atoms with Gasteiger partial charge in [0, 0.05) is 55.8 Å². The molecule has 670 valence electrons. The van der Waals surface area contributed by atoms with E-state index >= 15 is 0 Å². The second-order valence-corrected chi connectivity index (χ2v) is 48.9. The van der Waals surface area contributed by atoms with Crippen LogP contribution in [0.2, 0.25) is 0 Å². The summed E-state index contributed by atoms with van der Waals surface area (Å²) < 4.78 is 281. The molecule has 3 heterocycles. The maximum Gasteiger partial charge on any atom is 0.252 e. The van der Waals surface area contributed by atoms with Gasteiger partial charge in [0.05, 0.1) is 63.7 Å². The molecule has 0 unspecified atom stereocenters. The molecule has 0 N–H and O–H groups in total. The van der Waals surface area contributed by atoms with Crippen molar-refractivity contribution in [1.29, 1.82) is 0 Å². The molecule has 0 saturated carbocycles. The SMILES string of the molecule is [2H]c1c([2H])c(C(C)(C)C)c(-c2c([2H])c(C(C)(C)C)c([2H])c(-c3c([2H])c([2H])c(C(C)(C)C)c([2H])c3[2H])c2N2c3cc(-c4cc(C(C)(C)C)cc(C(C)(C)C)c4)ccc3B3c4ccc(-c5cc(C(C)(C)C)cc(C(C)(C)C)c5)cc4N(c4c(-c5c([2H])c([2H])c(C(C)(C)C)c([2H])c5[2H])c([2H])c(C(C)(C)C)c([2H])c4-c4c(C(C)(C)C)c([2H])c([2H])c([2H])c4C(C)(C)C)c4cc(-n5c6c([2H])c([2H])c([2H])c([2H])c6c6c([2H])c([2H])c([2H])c([2H])c65)cc2c43)c(C(C)(C)C)c1[2H]. The van der Waals surface area contributed by atoms with Gasteiger partial charge in [-0.1, -0.05) is 431 Å². The van der Waals surface area contributed by atoms with Crippen LogP contribution in [0.15, 0.2) is 242 Å². The Bertz CT molecular complexity index is 7800. The number of benzene rings is 13. The standard InChI is InChI=1S/C126H148BN3/c1-115(2,3)83-57-51-77(52-58-83)94-71-89(121(19,20)21)73-96(110-98(123(25,26)27)45-41-46-99(110)124(28,29)30)113(94)129-106-67-79(81-63-85(117(7,8)9)69-86(64-81)118(10,11)12)55-61-102(106)127-103-62-56-80(82-65-87(119(13,14)15)70-88(66-82)120(16,17)18)68-107(103)130(109-76-91(75-108(129)112(109)127)128-104-49-39-37-43-92(104)93-44-38-40-50-105(93)128)114-95(78-53-59-84(60-54-78)116(4,5)6)72-90(122(22,23)24)74-97(114)111-100(125(31,32)33)47-42-48-101(111)126(34,35)36/h37-76H,1-36H3/i37D,38D,39D,40D,41D,42D,43D,44D,45D,46D,47D,48D,49D,50D,51D,52D,53D,54D,57D,58D,59D,60D,71D,72D,73D,74D. The van der Waals surface area contributed by atoms with E-state index in [0.29, 0.717) is 33.2 Å². The molecule has 0 aliphatic carbocycles. The minimum absolute atomic E-state index is 0.00327. The fraction of sp³-hybridized carbons (Fsp3) is 0.381. The predicted molar refractivity (Wildman–Crippen MR) is 572 cm³/mol. The molecule has 4 heteroatoms. The molecule has 16 rings (SSSR count). The van der Waals surface area contributed by atoms with Crippen LogP contribution in [0, 0.1) is 0 Å². The van der Waals surface area contributed by atoms with Crippen molar-refractivity contribution in [2.24, 2.45) is 0 Å². The largest absolute Gasteiger partial charge is 0.310 e. The van der Waals surface area contributed by atoms with Gasteiger partial charge in [-0.15, -0.1) is 0 Å². The van der Waals surface area contributed by atoms with Crippen molar-refractivity contribution in [3.05, 3.63) is 309 Å². The smallest absolute Gasteiger partial charge is 0.252 e. The van der Waals surface area contributed by atoms with Crippen molar-refractivity contribution in [2.75, 3.05) is 9.80 Å². The van der Waals surface area contributed by atoms with Gasteiger partial charge in [0.1, 0.15) is 0 Å². The summed E-state index contributed by atoms with van der Waals surface area (Å²) in [5.41, 5.74) is -6.90. The summed E-state index contributed by atoms with van der Waals surface area (Å²) in [4.78, 5) is 3.61. The van der Waals surface area contributed by atoms with Crippen LogP contribution in [0.5, 0.6) is 0 Å². The quantitative estimate of drug-likeness (QED) is 0.133. The van der Waals surface area contributed by atoms with E-state index in [9.17, 15) is 35.6 Å².